The Morgan fingerprint density at radius 2 is 1.90 bits per heavy atom. The van der Waals surface area contributed by atoms with Gasteiger partial charge in [-0.05, 0) is 50.7 Å². The molecule has 0 radical (unpaired) electrons. The third-order valence-electron chi connectivity index (χ3n) is 6.24. The van der Waals surface area contributed by atoms with E-state index in [1.165, 1.54) is 10.5 Å². The molecule has 0 aromatic heterocycles. The van der Waals surface area contributed by atoms with Crippen LogP contribution in [0.1, 0.15) is 79.8 Å². The van der Waals surface area contributed by atoms with Gasteiger partial charge in [0.1, 0.15) is 11.5 Å². The van der Waals surface area contributed by atoms with Crippen LogP contribution in [0.5, 0.6) is 11.5 Å². The van der Waals surface area contributed by atoms with E-state index in [9.17, 15) is 23.4 Å². The van der Waals surface area contributed by atoms with Gasteiger partial charge in [-0.15, -0.1) is 0 Å². The maximum Gasteiger partial charge on any atom is 0.257 e. The van der Waals surface area contributed by atoms with E-state index in [-0.39, 0.29) is 53.5 Å². The summed E-state index contributed by atoms with van der Waals surface area (Å²) in [6, 6.07) is 1.64. The van der Waals surface area contributed by atoms with Crippen LogP contribution < -0.4 is 0 Å². The van der Waals surface area contributed by atoms with E-state index >= 15 is 0 Å². The second-order valence-corrected chi connectivity index (χ2v) is 10.9. The van der Waals surface area contributed by atoms with Crippen LogP contribution in [0.25, 0.3) is 0 Å². The van der Waals surface area contributed by atoms with Crippen LogP contribution in [0.3, 0.4) is 0 Å². The van der Waals surface area contributed by atoms with Crippen LogP contribution >= 0.6 is 0 Å². The molecule has 1 fully saturated rings. The topological polar surface area (TPSA) is 94.9 Å². The number of nitrogens with zero attached hydrogens (tertiary/aromatic N) is 1. The van der Waals surface area contributed by atoms with Gasteiger partial charge < -0.3 is 15.1 Å². The SMILES string of the molecule is CCCCCc1cc(O)c(C2C=C(C)CCC2)c(O)c1C(=O)N1CCS(=O)(=O)CC1. The predicted molar refractivity (Wildman–Crippen MR) is 118 cm³/mol. The second-order valence-electron chi connectivity index (χ2n) is 8.60. The van der Waals surface area contributed by atoms with Gasteiger partial charge in [0, 0.05) is 24.6 Å². The summed E-state index contributed by atoms with van der Waals surface area (Å²) in [5, 5.41) is 22.0. The highest BCUT2D eigenvalue weighted by molar-refractivity contribution is 7.91. The molecule has 0 spiro atoms. The fourth-order valence-electron chi connectivity index (χ4n) is 4.50. The van der Waals surface area contributed by atoms with Crippen LogP contribution in [-0.2, 0) is 16.3 Å². The zero-order valence-corrected chi connectivity index (χ0v) is 18.8. The summed E-state index contributed by atoms with van der Waals surface area (Å²) in [4.78, 5) is 14.9. The molecule has 1 aliphatic carbocycles. The molecule has 3 rings (SSSR count). The fraction of sp³-hybridized carbons (Fsp3) is 0.609. The molecule has 1 aromatic rings. The molecule has 0 bridgehead atoms. The maximum atomic E-state index is 13.4. The number of carbonyl (C=O) groups excluding carboxylic acids is 1. The van der Waals surface area contributed by atoms with E-state index in [1.807, 2.05) is 6.92 Å². The van der Waals surface area contributed by atoms with Gasteiger partial charge in [0.25, 0.3) is 5.91 Å². The third-order valence-corrected chi connectivity index (χ3v) is 7.85. The van der Waals surface area contributed by atoms with E-state index in [0.29, 0.717) is 17.5 Å². The first-order valence-corrected chi connectivity index (χ1v) is 12.8. The number of allylic oxidation sites excluding steroid dienone is 2. The number of aryl methyl sites for hydroxylation is 1. The lowest BCUT2D eigenvalue weighted by Crippen LogP contribution is -2.44. The molecule has 6 nitrogen and oxygen atoms in total. The van der Waals surface area contributed by atoms with Crippen LogP contribution in [0, 0.1) is 0 Å². The molecule has 1 saturated heterocycles. The molecule has 1 amide bonds. The van der Waals surface area contributed by atoms with Crippen LogP contribution in [0.15, 0.2) is 17.7 Å². The average Bonchev–Trinajstić information content (AvgIpc) is 2.68. The van der Waals surface area contributed by atoms with E-state index in [2.05, 4.69) is 13.0 Å². The number of sulfone groups is 1. The zero-order chi connectivity index (χ0) is 21.9. The molecule has 30 heavy (non-hydrogen) atoms. The van der Waals surface area contributed by atoms with Crippen molar-refractivity contribution in [2.75, 3.05) is 24.6 Å². The number of amides is 1. The van der Waals surface area contributed by atoms with Crippen molar-refractivity contribution in [2.45, 2.75) is 64.7 Å². The van der Waals surface area contributed by atoms with Crippen molar-refractivity contribution >= 4 is 15.7 Å². The lowest BCUT2D eigenvalue weighted by molar-refractivity contribution is 0.0765. The monoisotopic (exact) mass is 435 g/mol. The number of unbranched alkanes of at least 4 members (excludes halogenated alkanes) is 2. The van der Waals surface area contributed by atoms with Gasteiger partial charge in [0.05, 0.1) is 17.1 Å². The second kappa shape index (κ2) is 9.41. The molecule has 1 aliphatic heterocycles. The highest BCUT2D eigenvalue weighted by Gasteiger charge is 2.32. The molecule has 0 saturated carbocycles. The highest BCUT2D eigenvalue weighted by atomic mass is 32.2. The van der Waals surface area contributed by atoms with Gasteiger partial charge in [-0.1, -0.05) is 31.4 Å². The molecular formula is C23H33NO5S. The van der Waals surface area contributed by atoms with Crippen molar-refractivity contribution in [3.63, 3.8) is 0 Å². The first kappa shape index (κ1) is 22.7. The van der Waals surface area contributed by atoms with Gasteiger partial charge in [0.2, 0.25) is 0 Å². The Bertz CT molecular complexity index is 921. The van der Waals surface area contributed by atoms with Crippen LogP contribution in [-0.4, -0.2) is 54.0 Å². The fourth-order valence-corrected chi connectivity index (χ4v) is 5.70. The van der Waals surface area contributed by atoms with E-state index in [0.717, 1.165) is 38.5 Å². The lowest BCUT2D eigenvalue weighted by Gasteiger charge is -2.29. The Morgan fingerprint density at radius 1 is 1.20 bits per heavy atom. The zero-order valence-electron chi connectivity index (χ0n) is 18.0. The molecular weight excluding hydrogens is 402 g/mol. The maximum absolute atomic E-state index is 13.4. The van der Waals surface area contributed by atoms with Crippen molar-refractivity contribution in [3.8, 4) is 11.5 Å². The number of carbonyl (C=O) groups is 1. The summed E-state index contributed by atoms with van der Waals surface area (Å²) in [5.74, 6) is -0.688. The molecule has 2 aliphatic rings. The Hall–Kier alpha value is -2.02. The van der Waals surface area contributed by atoms with E-state index in [4.69, 9.17) is 0 Å². The Kier molecular flexibility index (Phi) is 7.11. The van der Waals surface area contributed by atoms with Crippen LogP contribution in [0.4, 0.5) is 0 Å². The Labute approximate surface area is 179 Å². The quantitative estimate of drug-likeness (QED) is 0.522. The van der Waals surface area contributed by atoms with Gasteiger partial charge >= 0.3 is 0 Å². The average molecular weight is 436 g/mol. The Balaban J connectivity index is 2.02. The number of hydrogen-bond donors (Lipinski definition) is 2. The van der Waals surface area contributed by atoms with Crippen LogP contribution in [0.2, 0.25) is 0 Å². The first-order valence-electron chi connectivity index (χ1n) is 11.0. The Morgan fingerprint density at radius 3 is 2.53 bits per heavy atom. The largest absolute Gasteiger partial charge is 0.507 e. The predicted octanol–water partition coefficient (Wildman–Crippen LogP) is 3.91. The standard InChI is InChI=1S/C23H33NO5S/c1-3-4-5-8-18-15-19(25)20(17-9-6-7-16(2)14-17)22(26)21(18)23(27)24-10-12-30(28,29)13-11-24/h14-15,17,25-26H,3-13H2,1-2H3. The van der Waals surface area contributed by atoms with Gasteiger partial charge in [-0.3, -0.25) is 4.79 Å². The molecule has 1 heterocycles. The molecule has 1 atom stereocenters. The molecule has 166 valence electrons. The normalized spacial score (nSPS) is 21.3. The molecule has 2 N–H and O–H groups in total. The van der Waals surface area contributed by atoms with Gasteiger partial charge in [0.15, 0.2) is 9.84 Å². The summed E-state index contributed by atoms with van der Waals surface area (Å²) in [5.41, 5.74) is 2.50. The van der Waals surface area contributed by atoms with Crippen molar-refractivity contribution in [3.05, 3.63) is 34.4 Å². The molecule has 1 unspecified atom stereocenters. The summed E-state index contributed by atoms with van der Waals surface area (Å²) in [7, 11) is -3.11. The third kappa shape index (κ3) is 4.99. The van der Waals surface area contributed by atoms with Crippen molar-refractivity contribution in [1.29, 1.82) is 0 Å². The highest BCUT2D eigenvalue weighted by Crippen LogP contribution is 2.44. The lowest BCUT2D eigenvalue weighted by atomic mass is 9.83. The van der Waals surface area contributed by atoms with E-state index in [1.54, 1.807) is 6.07 Å². The number of phenols is 2. The minimum absolute atomic E-state index is 0.0349. The van der Waals surface area contributed by atoms with Crippen molar-refractivity contribution in [2.24, 2.45) is 0 Å². The first-order chi connectivity index (χ1) is 14.2. The number of phenolic OH excluding ortho intramolecular Hbond substituents is 2. The number of benzene rings is 1. The van der Waals surface area contributed by atoms with Gasteiger partial charge in [-0.25, -0.2) is 8.42 Å². The summed E-state index contributed by atoms with van der Waals surface area (Å²) in [6.45, 7) is 4.40. The minimum atomic E-state index is -3.11. The van der Waals surface area contributed by atoms with Gasteiger partial charge in [-0.2, -0.15) is 0 Å². The van der Waals surface area contributed by atoms with Crippen molar-refractivity contribution in [1.82, 2.24) is 4.90 Å². The molecule has 7 heteroatoms. The summed E-state index contributed by atoms with van der Waals surface area (Å²) >= 11 is 0. The molecule has 1 aromatic carbocycles. The number of aromatic hydroxyl groups is 2. The number of rotatable bonds is 6. The smallest absolute Gasteiger partial charge is 0.257 e. The van der Waals surface area contributed by atoms with Crippen molar-refractivity contribution < 1.29 is 23.4 Å². The minimum Gasteiger partial charge on any atom is -0.507 e. The van der Waals surface area contributed by atoms with E-state index < -0.39 is 9.84 Å². The summed E-state index contributed by atoms with van der Waals surface area (Å²) in [6.07, 6.45) is 8.30. The number of hydrogen-bond acceptors (Lipinski definition) is 5. The summed E-state index contributed by atoms with van der Waals surface area (Å²) < 4.78 is 23.5.